The van der Waals surface area contributed by atoms with Crippen molar-refractivity contribution in [1.82, 2.24) is 19.9 Å². The number of likely N-dealkylation sites (tertiary alicyclic amines) is 1. The van der Waals surface area contributed by atoms with Crippen molar-refractivity contribution in [2.45, 2.75) is 26.2 Å². The first-order valence-electron chi connectivity index (χ1n) is 10.7. The molecule has 2 aliphatic rings. The van der Waals surface area contributed by atoms with Gasteiger partial charge in [0.2, 0.25) is 11.8 Å². The Kier molecular flexibility index (Phi) is 5.90. The molecule has 1 aromatic heterocycles. The van der Waals surface area contributed by atoms with Crippen molar-refractivity contribution in [1.29, 1.82) is 0 Å². The zero-order valence-electron chi connectivity index (χ0n) is 17.8. The van der Waals surface area contributed by atoms with Gasteiger partial charge in [0.05, 0.1) is 5.41 Å². The molecule has 160 valence electrons. The Labute approximate surface area is 177 Å². The summed E-state index contributed by atoms with van der Waals surface area (Å²) in [5, 5.41) is 4.22. The SMILES string of the molecule is CC(=O)N1CC[C@@](Cc2cc(-c3ccccc3)no2)(C(=O)N2CCCN(C)CC2)C1. The molecule has 0 spiro atoms. The van der Waals surface area contributed by atoms with Crippen LogP contribution in [0.25, 0.3) is 11.3 Å². The predicted molar refractivity (Wildman–Crippen MR) is 114 cm³/mol. The Morgan fingerprint density at radius 3 is 2.60 bits per heavy atom. The molecule has 2 saturated heterocycles. The molecular weight excluding hydrogens is 380 g/mol. The molecule has 0 N–H and O–H groups in total. The summed E-state index contributed by atoms with van der Waals surface area (Å²) in [6.07, 6.45) is 2.08. The number of carbonyl (C=O) groups excluding carboxylic acids is 2. The van der Waals surface area contributed by atoms with Crippen molar-refractivity contribution in [2.75, 3.05) is 46.3 Å². The summed E-state index contributed by atoms with van der Waals surface area (Å²) in [5.41, 5.74) is 1.11. The standard InChI is InChI=1S/C23H30N4O3/c1-18(28)27-12-9-23(17-27,22(29)26-11-6-10-25(2)13-14-26)16-20-15-21(24-30-20)19-7-4-3-5-8-19/h3-5,7-8,15H,6,9-14,16-17H2,1-2H3/t23-/m0/s1. The van der Waals surface area contributed by atoms with Crippen LogP contribution in [0.1, 0.15) is 25.5 Å². The van der Waals surface area contributed by atoms with Gasteiger partial charge in [0.25, 0.3) is 0 Å². The Morgan fingerprint density at radius 1 is 1.07 bits per heavy atom. The summed E-state index contributed by atoms with van der Waals surface area (Å²) in [5.74, 6) is 0.849. The molecule has 0 aliphatic carbocycles. The fourth-order valence-corrected chi connectivity index (χ4v) is 4.60. The van der Waals surface area contributed by atoms with E-state index in [4.69, 9.17) is 4.52 Å². The summed E-state index contributed by atoms with van der Waals surface area (Å²) in [6.45, 7) is 5.98. The largest absolute Gasteiger partial charge is 0.361 e. The van der Waals surface area contributed by atoms with Crippen molar-refractivity contribution >= 4 is 11.8 Å². The van der Waals surface area contributed by atoms with Crippen molar-refractivity contribution < 1.29 is 14.1 Å². The van der Waals surface area contributed by atoms with Crippen LogP contribution in [0.3, 0.4) is 0 Å². The van der Waals surface area contributed by atoms with Crippen LogP contribution in [0.4, 0.5) is 0 Å². The highest BCUT2D eigenvalue weighted by Gasteiger charge is 2.48. The molecule has 2 aliphatic heterocycles. The van der Waals surface area contributed by atoms with Gasteiger partial charge in [0.15, 0.2) is 0 Å². The number of likely N-dealkylation sites (N-methyl/N-ethyl adjacent to an activating group) is 1. The fraction of sp³-hybridized carbons (Fsp3) is 0.522. The summed E-state index contributed by atoms with van der Waals surface area (Å²) >= 11 is 0. The van der Waals surface area contributed by atoms with E-state index < -0.39 is 5.41 Å². The minimum atomic E-state index is -0.651. The molecule has 0 saturated carbocycles. The van der Waals surface area contributed by atoms with Crippen LogP contribution in [0.15, 0.2) is 40.9 Å². The second-order valence-electron chi connectivity index (χ2n) is 8.64. The van der Waals surface area contributed by atoms with Crippen LogP contribution in [-0.2, 0) is 16.0 Å². The van der Waals surface area contributed by atoms with Gasteiger partial charge in [0.1, 0.15) is 11.5 Å². The van der Waals surface area contributed by atoms with Crippen molar-refractivity contribution in [3.05, 3.63) is 42.2 Å². The second kappa shape index (κ2) is 8.60. The van der Waals surface area contributed by atoms with Gasteiger partial charge >= 0.3 is 0 Å². The molecule has 1 atom stereocenters. The van der Waals surface area contributed by atoms with E-state index in [1.54, 1.807) is 11.8 Å². The van der Waals surface area contributed by atoms with E-state index in [1.165, 1.54) is 0 Å². The monoisotopic (exact) mass is 410 g/mol. The van der Waals surface area contributed by atoms with E-state index in [-0.39, 0.29) is 11.8 Å². The lowest BCUT2D eigenvalue weighted by atomic mass is 9.80. The number of aromatic nitrogens is 1. The quantitative estimate of drug-likeness (QED) is 0.774. The van der Waals surface area contributed by atoms with E-state index in [1.807, 2.05) is 41.3 Å². The molecule has 7 heteroatoms. The number of benzene rings is 1. The number of rotatable bonds is 4. The zero-order chi connectivity index (χ0) is 21.1. The van der Waals surface area contributed by atoms with Crippen LogP contribution in [-0.4, -0.2) is 78.0 Å². The molecule has 7 nitrogen and oxygen atoms in total. The van der Waals surface area contributed by atoms with E-state index >= 15 is 0 Å². The fourth-order valence-electron chi connectivity index (χ4n) is 4.60. The van der Waals surface area contributed by atoms with Crippen molar-refractivity contribution in [3.8, 4) is 11.3 Å². The highest BCUT2D eigenvalue weighted by Crippen LogP contribution is 2.37. The van der Waals surface area contributed by atoms with Crippen molar-refractivity contribution in [2.24, 2.45) is 5.41 Å². The lowest BCUT2D eigenvalue weighted by Gasteiger charge is -2.33. The van der Waals surface area contributed by atoms with Crippen LogP contribution in [0.5, 0.6) is 0 Å². The lowest BCUT2D eigenvalue weighted by molar-refractivity contribution is -0.142. The smallest absolute Gasteiger partial charge is 0.231 e. The van der Waals surface area contributed by atoms with Gasteiger partial charge in [-0.05, 0) is 26.4 Å². The first kappa shape index (κ1) is 20.6. The molecule has 0 bridgehead atoms. The number of hydrogen-bond acceptors (Lipinski definition) is 5. The molecule has 3 heterocycles. The number of amides is 2. The van der Waals surface area contributed by atoms with Gasteiger partial charge < -0.3 is 19.2 Å². The summed E-state index contributed by atoms with van der Waals surface area (Å²) in [6, 6.07) is 11.8. The normalized spacial score (nSPS) is 22.9. The zero-order valence-corrected chi connectivity index (χ0v) is 17.8. The van der Waals surface area contributed by atoms with Crippen LogP contribution in [0.2, 0.25) is 0 Å². The topological polar surface area (TPSA) is 69.9 Å². The Balaban J connectivity index is 1.58. The van der Waals surface area contributed by atoms with Gasteiger partial charge in [0, 0.05) is 57.7 Å². The molecule has 0 unspecified atom stereocenters. The Bertz CT molecular complexity index is 897. The maximum Gasteiger partial charge on any atom is 0.231 e. The van der Waals surface area contributed by atoms with E-state index in [2.05, 4.69) is 17.1 Å². The predicted octanol–water partition coefficient (Wildman–Crippen LogP) is 2.29. The first-order chi connectivity index (χ1) is 14.5. The summed E-state index contributed by atoms with van der Waals surface area (Å²) < 4.78 is 5.65. The van der Waals surface area contributed by atoms with Crippen molar-refractivity contribution in [3.63, 3.8) is 0 Å². The third-order valence-corrected chi connectivity index (χ3v) is 6.40. The minimum absolute atomic E-state index is 0.0165. The summed E-state index contributed by atoms with van der Waals surface area (Å²) in [4.78, 5) is 31.8. The number of hydrogen-bond donors (Lipinski definition) is 0. The van der Waals surface area contributed by atoms with Gasteiger partial charge in [-0.2, -0.15) is 0 Å². The van der Waals surface area contributed by atoms with Gasteiger partial charge in [-0.3, -0.25) is 9.59 Å². The molecule has 2 amide bonds. The maximum absolute atomic E-state index is 13.7. The Hall–Kier alpha value is -2.67. The highest BCUT2D eigenvalue weighted by molar-refractivity contribution is 5.85. The van der Waals surface area contributed by atoms with Crippen LogP contribution >= 0.6 is 0 Å². The molecule has 2 fully saturated rings. The third-order valence-electron chi connectivity index (χ3n) is 6.40. The second-order valence-corrected chi connectivity index (χ2v) is 8.64. The van der Waals surface area contributed by atoms with Gasteiger partial charge in [-0.15, -0.1) is 0 Å². The molecule has 1 aromatic carbocycles. The molecule has 30 heavy (non-hydrogen) atoms. The number of carbonyl (C=O) groups is 2. The third kappa shape index (κ3) is 4.26. The lowest BCUT2D eigenvalue weighted by Crippen LogP contribution is -2.48. The average Bonchev–Trinajstić information content (AvgIpc) is 3.33. The molecule has 0 radical (unpaired) electrons. The summed E-state index contributed by atoms with van der Waals surface area (Å²) in [7, 11) is 2.09. The van der Waals surface area contributed by atoms with E-state index in [0.717, 1.165) is 43.9 Å². The molecule has 4 rings (SSSR count). The first-order valence-corrected chi connectivity index (χ1v) is 10.7. The molecule has 2 aromatic rings. The van der Waals surface area contributed by atoms with Gasteiger partial charge in [-0.25, -0.2) is 0 Å². The van der Waals surface area contributed by atoms with Gasteiger partial charge in [-0.1, -0.05) is 35.5 Å². The van der Waals surface area contributed by atoms with Crippen LogP contribution in [0, 0.1) is 5.41 Å². The maximum atomic E-state index is 13.7. The average molecular weight is 411 g/mol. The minimum Gasteiger partial charge on any atom is -0.361 e. The van der Waals surface area contributed by atoms with Crippen LogP contribution < -0.4 is 0 Å². The Morgan fingerprint density at radius 2 is 1.87 bits per heavy atom. The highest BCUT2D eigenvalue weighted by atomic mass is 16.5. The molecular formula is C23H30N4O3. The van der Waals surface area contributed by atoms with E-state index in [9.17, 15) is 9.59 Å². The van der Waals surface area contributed by atoms with E-state index in [0.29, 0.717) is 31.7 Å². The number of nitrogens with zero attached hydrogens (tertiary/aromatic N) is 4.